The highest BCUT2D eigenvalue weighted by Gasteiger charge is 2.44. The molecule has 2 heterocycles. The lowest BCUT2D eigenvalue weighted by Gasteiger charge is -2.35. The number of thiazole rings is 1. The van der Waals surface area contributed by atoms with Gasteiger partial charge in [0, 0.05) is 25.9 Å². The zero-order valence-corrected chi connectivity index (χ0v) is 24.2. The highest BCUT2D eigenvalue weighted by molar-refractivity contribution is 7.13. The zero-order chi connectivity index (χ0) is 28.7. The molecule has 1 aliphatic heterocycles. The third-order valence-electron chi connectivity index (χ3n) is 6.80. The van der Waals surface area contributed by atoms with Gasteiger partial charge in [0.25, 0.3) is 0 Å². The van der Waals surface area contributed by atoms with Crippen LogP contribution in [0, 0.1) is 12.3 Å². The molecule has 0 radical (unpaired) electrons. The van der Waals surface area contributed by atoms with Crippen LogP contribution in [0.25, 0.3) is 10.4 Å². The van der Waals surface area contributed by atoms with Gasteiger partial charge in [-0.2, -0.15) is 0 Å². The quantitative estimate of drug-likeness (QED) is 0.309. The van der Waals surface area contributed by atoms with Crippen LogP contribution >= 0.6 is 11.3 Å². The molecule has 1 saturated heterocycles. The average Bonchev–Trinajstić information content (AvgIpc) is 3.49. The Bertz CT molecular complexity index is 1130. The molecular weight excluding hydrogens is 518 g/mol. The van der Waals surface area contributed by atoms with E-state index in [2.05, 4.69) is 15.6 Å². The molecule has 0 saturated carbocycles. The molecule has 0 aliphatic carbocycles. The fourth-order valence-electron chi connectivity index (χ4n) is 4.60. The van der Waals surface area contributed by atoms with E-state index >= 15 is 0 Å². The lowest BCUT2D eigenvalue weighted by molar-refractivity contribution is -0.144. The number of aryl methyl sites for hydroxylation is 1. The van der Waals surface area contributed by atoms with Crippen molar-refractivity contribution in [3.05, 3.63) is 41.0 Å². The maximum atomic E-state index is 13.7. The largest absolute Gasteiger partial charge is 0.391 e. The van der Waals surface area contributed by atoms with Crippen molar-refractivity contribution < 1.29 is 24.2 Å². The van der Waals surface area contributed by atoms with Crippen molar-refractivity contribution in [2.24, 2.45) is 11.1 Å². The van der Waals surface area contributed by atoms with Gasteiger partial charge in [0.05, 0.1) is 41.4 Å². The maximum Gasteiger partial charge on any atom is 0.246 e. The van der Waals surface area contributed by atoms with Crippen molar-refractivity contribution in [1.82, 2.24) is 20.5 Å². The standard InChI is InChI=1S/C28H41N5O5S/c1-17(19-6-8-20(9-7-19)24-18(2)30-16-39-24)31-26(36)22-14-21(34)15-33(22)27(37)25(28(3,4)5)32-23(35)10-12-38-13-11-29/h6-9,16-17,21-22,25,34H,10-15,29H2,1-5H3,(H,31,36)(H,32,35). The van der Waals surface area contributed by atoms with Crippen LogP contribution in [0.15, 0.2) is 29.8 Å². The van der Waals surface area contributed by atoms with Gasteiger partial charge < -0.3 is 31.1 Å². The molecule has 0 spiro atoms. The number of aliphatic hydroxyl groups excluding tert-OH is 1. The lowest BCUT2D eigenvalue weighted by atomic mass is 9.85. The molecule has 2 aromatic rings. The molecule has 4 atom stereocenters. The first-order chi connectivity index (χ1) is 18.4. The minimum atomic E-state index is -0.875. The average molecular weight is 560 g/mol. The Balaban J connectivity index is 1.68. The summed E-state index contributed by atoms with van der Waals surface area (Å²) in [6, 6.07) is 5.92. The number of nitrogens with zero attached hydrogens (tertiary/aromatic N) is 2. The van der Waals surface area contributed by atoms with E-state index in [0.717, 1.165) is 21.7 Å². The van der Waals surface area contributed by atoms with Crippen molar-refractivity contribution in [1.29, 1.82) is 0 Å². The molecule has 1 aromatic carbocycles. The van der Waals surface area contributed by atoms with Gasteiger partial charge in [-0.1, -0.05) is 45.0 Å². The summed E-state index contributed by atoms with van der Waals surface area (Å²) in [5, 5.41) is 16.2. The van der Waals surface area contributed by atoms with Gasteiger partial charge in [-0.05, 0) is 30.4 Å². The SMILES string of the molecule is Cc1ncsc1-c1ccc(C(C)NC(=O)C2CC(O)CN2C(=O)C(NC(=O)CCOCCN)C(C)(C)C)cc1. The summed E-state index contributed by atoms with van der Waals surface area (Å²) in [4.78, 5) is 46.4. The summed E-state index contributed by atoms with van der Waals surface area (Å²) < 4.78 is 5.28. The van der Waals surface area contributed by atoms with Gasteiger partial charge in [-0.25, -0.2) is 4.98 Å². The summed E-state index contributed by atoms with van der Waals surface area (Å²) in [7, 11) is 0. The third-order valence-corrected chi connectivity index (χ3v) is 7.77. The van der Waals surface area contributed by atoms with Crippen LogP contribution in [0.4, 0.5) is 0 Å². The van der Waals surface area contributed by atoms with Crippen LogP contribution < -0.4 is 16.4 Å². The van der Waals surface area contributed by atoms with E-state index in [-0.39, 0.29) is 43.8 Å². The predicted octanol–water partition coefficient (Wildman–Crippen LogP) is 2.15. The fraction of sp³-hybridized carbons (Fsp3) is 0.571. The van der Waals surface area contributed by atoms with E-state index in [1.165, 1.54) is 4.90 Å². The molecule has 10 nitrogen and oxygen atoms in total. The summed E-state index contributed by atoms with van der Waals surface area (Å²) in [5.41, 5.74) is 9.56. The number of nitrogens with two attached hydrogens (primary N) is 1. The van der Waals surface area contributed by atoms with Crippen LogP contribution in [-0.4, -0.2) is 77.2 Å². The second-order valence-electron chi connectivity index (χ2n) is 11.0. The maximum absolute atomic E-state index is 13.7. The molecule has 3 rings (SSSR count). The number of likely N-dealkylation sites (tertiary alicyclic amines) is 1. The number of carbonyl (C=O) groups is 3. The minimum absolute atomic E-state index is 0.0241. The molecule has 1 aliphatic rings. The van der Waals surface area contributed by atoms with Crippen molar-refractivity contribution >= 4 is 29.1 Å². The first-order valence-electron chi connectivity index (χ1n) is 13.3. The molecule has 11 heteroatoms. The van der Waals surface area contributed by atoms with Gasteiger partial charge in [-0.3, -0.25) is 14.4 Å². The smallest absolute Gasteiger partial charge is 0.246 e. The van der Waals surface area contributed by atoms with Crippen molar-refractivity contribution in [3.63, 3.8) is 0 Å². The first kappa shape index (κ1) is 30.7. The van der Waals surface area contributed by atoms with Gasteiger partial charge in [-0.15, -0.1) is 11.3 Å². The van der Waals surface area contributed by atoms with Crippen LogP contribution in [0.1, 0.15) is 57.8 Å². The zero-order valence-electron chi connectivity index (χ0n) is 23.4. The van der Waals surface area contributed by atoms with E-state index in [1.807, 2.05) is 64.4 Å². The Labute approximate surface area is 234 Å². The monoisotopic (exact) mass is 559 g/mol. The van der Waals surface area contributed by atoms with Crippen molar-refractivity contribution in [2.45, 2.75) is 71.7 Å². The molecule has 1 aromatic heterocycles. The number of nitrogens with one attached hydrogen (secondary N) is 2. The topological polar surface area (TPSA) is 147 Å². The molecule has 39 heavy (non-hydrogen) atoms. The normalized spacial score (nSPS) is 19.0. The number of amides is 3. The molecule has 214 valence electrons. The highest BCUT2D eigenvalue weighted by Crippen LogP contribution is 2.29. The highest BCUT2D eigenvalue weighted by atomic mass is 32.1. The van der Waals surface area contributed by atoms with Crippen molar-refractivity contribution in [3.8, 4) is 10.4 Å². The number of benzene rings is 1. The Hall–Kier alpha value is -2.86. The Kier molecular flexibility index (Phi) is 10.6. The second-order valence-corrected chi connectivity index (χ2v) is 11.9. The molecule has 3 amide bonds. The number of ether oxygens (including phenoxy) is 1. The molecular formula is C28H41N5O5S. The summed E-state index contributed by atoms with van der Waals surface area (Å²) in [6.45, 7) is 10.3. The van der Waals surface area contributed by atoms with Gasteiger partial charge in [0.1, 0.15) is 12.1 Å². The number of rotatable bonds is 11. The predicted molar refractivity (Wildman–Crippen MR) is 151 cm³/mol. The van der Waals surface area contributed by atoms with Crippen LogP contribution in [0.3, 0.4) is 0 Å². The Morgan fingerprint density at radius 3 is 2.49 bits per heavy atom. The number of hydrogen-bond acceptors (Lipinski definition) is 8. The van der Waals surface area contributed by atoms with E-state index in [9.17, 15) is 19.5 Å². The number of carbonyl (C=O) groups excluding carboxylic acids is 3. The summed E-state index contributed by atoms with van der Waals surface area (Å²) in [5.74, 6) is -1.07. The van der Waals surface area contributed by atoms with Gasteiger partial charge in [0.15, 0.2) is 0 Å². The lowest BCUT2D eigenvalue weighted by Crippen LogP contribution is -2.58. The van der Waals surface area contributed by atoms with Crippen molar-refractivity contribution in [2.75, 3.05) is 26.3 Å². The van der Waals surface area contributed by atoms with E-state index in [0.29, 0.717) is 13.2 Å². The Morgan fingerprint density at radius 1 is 1.21 bits per heavy atom. The minimum Gasteiger partial charge on any atom is -0.391 e. The number of β-amino-alcohol motifs (C(OH)–C–C–N with tert-alkyl or cyclic N) is 1. The van der Waals surface area contributed by atoms with Gasteiger partial charge >= 0.3 is 0 Å². The summed E-state index contributed by atoms with van der Waals surface area (Å²) in [6.07, 6.45) is -0.611. The van der Waals surface area contributed by atoms with Gasteiger partial charge in [0.2, 0.25) is 17.7 Å². The summed E-state index contributed by atoms with van der Waals surface area (Å²) >= 11 is 1.58. The number of aromatic nitrogens is 1. The van der Waals surface area contributed by atoms with Crippen LogP contribution in [0.5, 0.6) is 0 Å². The number of hydrogen-bond donors (Lipinski definition) is 4. The molecule has 1 fully saturated rings. The van der Waals surface area contributed by atoms with E-state index < -0.39 is 29.5 Å². The van der Waals surface area contributed by atoms with E-state index in [1.54, 1.807) is 11.3 Å². The number of aliphatic hydroxyl groups is 1. The second kappa shape index (κ2) is 13.5. The molecule has 5 N–H and O–H groups in total. The fourth-order valence-corrected chi connectivity index (χ4v) is 5.41. The molecule has 4 unspecified atom stereocenters. The van der Waals surface area contributed by atoms with Crippen LogP contribution in [-0.2, 0) is 19.1 Å². The first-order valence-corrected chi connectivity index (χ1v) is 14.2. The Morgan fingerprint density at radius 2 is 1.90 bits per heavy atom. The molecule has 0 bridgehead atoms. The van der Waals surface area contributed by atoms with Crippen LogP contribution in [0.2, 0.25) is 0 Å². The van der Waals surface area contributed by atoms with E-state index in [4.69, 9.17) is 10.5 Å². The third kappa shape index (κ3) is 8.07.